The lowest BCUT2D eigenvalue weighted by Crippen LogP contribution is -2.28. The summed E-state index contributed by atoms with van der Waals surface area (Å²) in [6.07, 6.45) is 4.89. The molecule has 0 unspecified atom stereocenters. The Labute approximate surface area is 143 Å². The average Bonchev–Trinajstić information content (AvgIpc) is 2.50. The van der Waals surface area contributed by atoms with E-state index in [0.717, 1.165) is 19.3 Å². The summed E-state index contributed by atoms with van der Waals surface area (Å²) in [5, 5.41) is 11.9. The predicted molar refractivity (Wildman–Crippen MR) is 92.9 cm³/mol. The van der Waals surface area contributed by atoms with Gasteiger partial charge < -0.3 is 15.2 Å². The van der Waals surface area contributed by atoms with Gasteiger partial charge in [0.1, 0.15) is 0 Å². The van der Waals surface area contributed by atoms with Gasteiger partial charge in [0.05, 0.1) is 0 Å². The summed E-state index contributed by atoms with van der Waals surface area (Å²) in [6.45, 7) is 7.34. The third kappa shape index (κ3) is 6.28. The lowest BCUT2D eigenvalue weighted by molar-refractivity contribution is -0.134. The van der Waals surface area contributed by atoms with E-state index >= 15 is 0 Å². The third-order valence-electron chi connectivity index (χ3n) is 3.48. The summed E-state index contributed by atoms with van der Waals surface area (Å²) >= 11 is 0. The Hall–Kier alpha value is -1.95. The Kier molecular flexibility index (Phi) is 7.85. The van der Waals surface area contributed by atoms with Gasteiger partial charge in [-0.25, -0.2) is 4.98 Å². The number of aliphatic hydroxyl groups is 1. The van der Waals surface area contributed by atoms with Crippen LogP contribution in [0.1, 0.15) is 58.9 Å². The highest BCUT2D eigenvalue weighted by Gasteiger charge is 2.24. The quantitative estimate of drug-likeness (QED) is 0.562. The number of aromatic nitrogens is 1. The molecule has 1 rings (SSSR count). The molecule has 0 bridgehead atoms. The van der Waals surface area contributed by atoms with Crippen LogP contribution in [0.15, 0.2) is 12.3 Å². The minimum Gasteiger partial charge on any atom is -0.422 e. The van der Waals surface area contributed by atoms with E-state index in [2.05, 4.69) is 17.2 Å². The van der Waals surface area contributed by atoms with Gasteiger partial charge >= 0.3 is 5.97 Å². The number of aliphatic hydroxyl groups excluding tert-OH is 1. The van der Waals surface area contributed by atoms with Crippen molar-refractivity contribution in [2.75, 3.05) is 11.9 Å². The van der Waals surface area contributed by atoms with Gasteiger partial charge in [-0.15, -0.1) is 0 Å². The number of ether oxygens (including phenoxy) is 1. The lowest BCUT2D eigenvalue weighted by Gasteiger charge is -2.19. The Bertz CT molecular complexity index is 565. The summed E-state index contributed by atoms with van der Waals surface area (Å²) in [5.41, 5.74) is 0.0393. The molecule has 6 heteroatoms. The molecule has 1 aromatic heterocycles. The number of unbranched alkanes of at least 4 members (excludes halogenated alkanes) is 2. The monoisotopic (exact) mass is 336 g/mol. The van der Waals surface area contributed by atoms with Crippen molar-refractivity contribution in [3.63, 3.8) is 0 Å². The zero-order valence-corrected chi connectivity index (χ0v) is 15.0. The van der Waals surface area contributed by atoms with Crippen molar-refractivity contribution in [2.45, 2.75) is 59.8 Å². The standard InChI is InChI=1S/C18H28N2O4/c1-5-6-7-8-14(22)24-15-13(10-12-21)9-11-19-16(15)20-17(23)18(2,3)4/h9,11,21H,5-8,10,12H2,1-4H3,(H,19,20,23). The first-order chi connectivity index (χ1) is 11.3. The van der Waals surface area contributed by atoms with E-state index in [-0.39, 0.29) is 30.1 Å². The number of carbonyl (C=O) groups is 2. The second-order valence-corrected chi connectivity index (χ2v) is 6.76. The Morgan fingerprint density at radius 2 is 2.00 bits per heavy atom. The lowest BCUT2D eigenvalue weighted by atomic mass is 9.96. The maximum absolute atomic E-state index is 12.2. The normalized spacial score (nSPS) is 11.2. The first kappa shape index (κ1) is 20.1. The van der Waals surface area contributed by atoms with Gasteiger partial charge in [-0.2, -0.15) is 0 Å². The SMILES string of the molecule is CCCCCC(=O)Oc1c(CCO)ccnc1NC(=O)C(C)(C)C. The van der Waals surface area contributed by atoms with E-state index in [4.69, 9.17) is 4.74 Å². The van der Waals surface area contributed by atoms with E-state index in [1.807, 2.05) is 0 Å². The molecule has 0 saturated carbocycles. The number of carbonyl (C=O) groups excluding carboxylic acids is 2. The van der Waals surface area contributed by atoms with E-state index in [1.54, 1.807) is 26.8 Å². The van der Waals surface area contributed by atoms with Gasteiger partial charge in [0.25, 0.3) is 0 Å². The smallest absolute Gasteiger partial charge is 0.311 e. The Morgan fingerprint density at radius 3 is 2.58 bits per heavy atom. The van der Waals surface area contributed by atoms with Crippen LogP contribution in [0.4, 0.5) is 5.82 Å². The molecule has 0 aliphatic heterocycles. The number of esters is 1. The van der Waals surface area contributed by atoms with Crippen LogP contribution in [0, 0.1) is 5.41 Å². The summed E-state index contributed by atoms with van der Waals surface area (Å²) in [7, 11) is 0. The number of pyridine rings is 1. The van der Waals surface area contributed by atoms with Crippen molar-refractivity contribution < 1.29 is 19.4 Å². The third-order valence-corrected chi connectivity index (χ3v) is 3.48. The van der Waals surface area contributed by atoms with Crippen LogP contribution in [-0.2, 0) is 16.0 Å². The molecule has 134 valence electrons. The number of nitrogens with one attached hydrogen (secondary N) is 1. The zero-order valence-electron chi connectivity index (χ0n) is 15.0. The number of hydrogen-bond acceptors (Lipinski definition) is 5. The van der Waals surface area contributed by atoms with Gasteiger partial charge in [-0.05, 0) is 18.9 Å². The van der Waals surface area contributed by atoms with Crippen molar-refractivity contribution in [1.29, 1.82) is 0 Å². The van der Waals surface area contributed by atoms with E-state index in [1.165, 1.54) is 6.20 Å². The molecule has 0 aliphatic carbocycles. The topological polar surface area (TPSA) is 88.5 Å². The average molecular weight is 336 g/mol. The van der Waals surface area contributed by atoms with Crippen molar-refractivity contribution in [3.05, 3.63) is 17.8 Å². The van der Waals surface area contributed by atoms with Crippen molar-refractivity contribution in [3.8, 4) is 5.75 Å². The van der Waals surface area contributed by atoms with Crippen LogP contribution in [0.5, 0.6) is 5.75 Å². The second-order valence-electron chi connectivity index (χ2n) is 6.76. The number of anilines is 1. The van der Waals surface area contributed by atoms with Crippen LogP contribution in [0.3, 0.4) is 0 Å². The van der Waals surface area contributed by atoms with Gasteiger partial charge in [0.15, 0.2) is 11.6 Å². The van der Waals surface area contributed by atoms with Crippen molar-refractivity contribution in [2.24, 2.45) is 5.41 Å². The minimum atomic E-state index is -0.600. The highest BCUT2D eigenvalue weighted by Crippen LogP contribution is 2.29. The molecule has 24 heavy (non-hydrogen) atoms. The summed E-state index contributed by atoms with van der Waals surface area (Å²) in [5.74, 6) is -0.142. The van der Waals surface area contributed by atoms with Crippen molar-refractivity contribution in [1.82, 2.24) is 4.98 Å². The fraction of sp³-hybridized carbons (Fsp3) is 0.611. The van der Waals surface area contributed by atoms with Crippen LogP contribution in [0.2, 0.25) is 0 Å². The highest BCUT2D eigenvalue weighted by molar-refractivity contribution is 5.95. The van der Waals surface area contributed by atoms with E-state index in [9.17, 15) is 14.7 Å². The molecule has 0 aromatic carbocycles. The maximum atomic E-state index is 12.2. The molecule has 2 N–H and O–H groups in total. The van der Waals surface area contributed by atoms with Crippen LogP contribution in [-0.4, -0.2) is 28.6 Å². The number of nitrogens with zero attached hydrogens (tertiary/aromatic N) is 1. The molecule has 0 atom stereocenters. The molecular weight excluding hydrogens is 308 g/mol. The molecule has 0 radical (unpaired) electrons. The Morgan fingerprint density at radius 1 is 1.29 bits per heavy atom. The summed E-state index contributed by atoms with van der Waals surface area (Å²) in [4.78, 5) is 28.4. The fourth-order valence-electron chi connectivity index (χ4n) is 1.99. The number of amides is 1. The fourth-order valence-corrected chi connectivity index (χ4v) is 1.99. The Balaban J connectivity index is 3.00. The molecule has 6 nitrogen and oxygen atoms in total. The molecule has 0 saturated heterocycles. The van der Waals surface area contributed by atoms with Crippen LogP contribution < -0.4 is 10.1 Å². The van der Waals surface area contributed by atoms with Gasteiger partial charge in [-0.3, -0.25) is 9.59 Å². The van der Waals surface area contributed by atoms with Gasteiger partial charge in [0.2, 0.25) is 5.91 Å². The maximum Gasteiger partial charge on any atom is 0.311 e. The van der Waals surface area contributed by atoms with Crippen molar-refractivity contribution >= 4 is 17.7 Å². The van der Waals surface area contributed by atoms with Crippen LogP contribution >= 0.6 is 0 Å². The summed E-state index contributed by atoms with van der Waals surface area (Å²) in [6, 6.07) is 1.68. The van der Waals surface area contributed by atoms with E-state index in [0.29, 0.717) is 18.4 Å². The molecule has 1 amide bonds. The van der Waals surface area contributed by atoms with Gasteiger partial charge in [0, 0.05) is 30.2 Å². The molecule has 0 fully saturated rings. The number of hydrogen-bond donors (Lipinski definition) is 2. The first-order valence-corrected chi connectivity index (χ1v) is 8.40. The summed E-state index contributed by atoms with van der Waals surface area (Å²) < 4.78 is 5.46. The predicted octanol–water partition coefficient (Wildman–Crippen LogP) is 3.09. The highest BCUT2D eigenvalue weighted by atomic mass is 16.5. The molecule has 1 aromatic rings. The first-order valence-electron chi connectivity index (χ1n) is 8.40. The minimum absolute atomic E-state index is 0.0863. The second kappa shape index (κ2) is 9.37. The molecule has 1 heterocycles. The largest absolute Gasteiger partial charge is 0.422 e. The zero-order chi connectivity index (χ0) is 18.2. The number of rotatable bonds is 8. The van der Waals surface area contributed by atoms with Crippen LogP contribution in [0.25, 0.3) is 0 Å². The molecule has 0 spiro atoms. The van der Waals surface area contributed by atoms with Gasteiger partial charge in [-0.1, -0.05) is 40.5 Å². The van der Waals surface area contributed by atoms with E-state index < -0.39 is 5.41 Å². The molecule has 0 aliphatic rings. The molecular formula is C18H28N2O4.